The number of morpholine rings is 1. The molecule has 4 heterocycles. The lowest BCUT2D eigenvalue weighted by Crippen LogP contribution is -2.44. The summed E-state index contributed by atoms with van der Waals surface area (Å²) >= 11 is 6.26. The van der Waals surface area contributed by atoms with Gasteiger partial charge in [0.25, 0.3) is 0 Å². The minimum atomic E-state index is -1.11. The molecule has 36 heavy (non-hydrogen) atoms. The molecule has 5 rings (SSSR count). The number of aromatic carboxylic acids is 1. The second kappa shape index (κ2) is 9.96. The van der Waals surface area contributed by atoms with Gasteiger partial charge in [-0.25, -0.2) is 19.2 Å². The molecule has 1 fully saturated rings. The number of nitrogens with zero attached hydrogens (tertiary/aromatic N) is 5. The molecule has 0 aliphatic carbocycles. The molecule has 0 amide bonds. The van der Waals surface area contributed by atoms with Gasteiger partial charge in [-0.05, 0) is 55.5 Å². The minimum absolute atomic E-state index is 0.000418. The normalized spacial score (nSPS) is 15.6. The lowest BCUT2D eigenvalue weighted by Gasteiger charge is -2.33. The number of benzene rings is 1. The predicted molar refractivity (Wildman–Crippen MR) is 133 cm³/mol. The van der Waals surface area contributed by atoms with E-state index in [9.17, 15) is 9.18 Å². The van der Waals surface area contributed by atoms with Crippen LogP contribution in [0.4, 0.5) is 10.3 Å². The average molecular weight is 506 g/mol. The topological polar surface area (TPSA) is 101 Å². The molecule has 0 bridgehead atoms. The SMILES string of the molecule is C[C@H]1COCCN1c1nc(-c2ccc(F)cc2)cc(-c2ccc(-c3ncc(C(=O)O)cc3Cl)nc2)n1. The van der Waals surface area contributed by atoms with Crippen LogP contribution in [0.1, 0.15) is 17.3 Å². The molecule has 1 saturated heterocycles. The van der Waals surface area contributed by atoms with Crippen molar-refractivity contribution >= 4 is 23.5 Å². The number of rotatable bonds is 5. The molecule has 0 saturated carbocycles. The third kappa shape index (κ3) is 4.89. The molecule has 1 aromatic carbocycles. The molecular weight excluding hydrogens is 485 g/mol. The van der Waals surface area contributed by atoms with Gasteiger partial charge in [-0.2, -0.15) is 0 Å². The van der Waals surface area contributed by atoms with Gasteiger partial charge in [-0.1, -0.05) is 11.6 Å². The van der Waals surface area contributed by atoms with E-state index in [0.29, 0.717) is 48.5 Å². The first kappa shape index (κ1) is 23.8. The molecule has 0 radical (unpaired) electrons. The Morgan fingerprint density at radius 3 is 2.39 bits per heavy atom. The average Bonchev–Trinajstić information content (AvgIpc) is 2.89. The van der Waals surface area contributed by atoms with Crippen molar-refractivity contribution in [1.29, 1.82) is 0 Å². The summed E-state index contributed by atoms with van der Waals surface area (Å²) in [4.78, 5) is 31.5. The summed E-state index contributed by atoms with van der Waals surface area (Å²) in [6.07, 6.45) is 2.90. The Bertz CT molecular complexity index is 1420. The Hall–Kier alpha value is -3.95. The number of carbonyl (C=O) groups is 1. The Morgan fingerprint density at radius 1 is 1.03 bits per heavy atom. The van der Waals surface area contributed by atoms with Gasteiger partial charge in [-0.3, -0.25) is 9.97 Å². The van der Waals surface area contributed by atoms with E-state index in [1.54, 1.807) is 24.4 Å². The summed E-state index contributed by atoms with van der Waals surface area (Å²) in [6.45, 7) is 3.86. The quantitative estimate of drug-likeness (QED) is 0.405. The lowest BCUT2D eigenvalue weighted by atomic mass is 10.1. The fraction of sp³-hybridized carbons (Fsp3) is 0.192. The van der Waals surface area contributed by atoms with Crippen molar-refractivity contribution in [3.05, 3.63) is 77.3 Å². The number of pyridine rings is 2. The highest BCUT2D eigenvalue weighted by Crippen LogP contribution is 2.30. The van der Waals surface area contributed by atoms with E-state index in [2.05, 4.69) is 21.8 Å². The van der Waals surface area contributed by atoms with Crippen molar-refractivity contribution in [3.63, 3.8) is 0 Å². The van der Waals surface area contributed by atoms with Crippen LogP contribution < -0.4 is 4.90 Å². The molecule has 4 aromatic rings. The van der Waals surface area contributed by atoms with E-state index in [1.807, 2.05) is 12.1 Å². The van der Waals surface area contributed by atoms with Crippen molar-refractivity contribution in [2.45, 2.75) is 13.0 Å². The zero-order valence-electron chi connectivity index (χ0n) is 19.2. The third-order valence-corrected chi connectivity index (χ3v) is 6.16. The van der Waals surface area contributed by atoms with Crippen LogP contribution in [0.3, 0.4) is 0 Å². The van der Waals surface area contributed by atoms with Crippen LogP contribution in [0.25, 0.3) is 33.9 Å². The number of halogens is 2. The molecule has 182 valence electrons. The molecule has 8 nitrogen and oxygen atoms in total. The number of aromatic nitrogens is 4. The monoisotopic (exact) mass is 505 g/mol. The van der Waals surface area contributed by atoms with Crippen molar-refractivity contribution in [3.8, 4) is 33.9 Å². The second-order valence-electron chi connectivity index (χ2n) is 8.35. The van der Waals surface area contributed by atoms with Gasteiger partial charge in [-0.15, -0.1) is 0 Å². The Balaban J connectivity index is 1.54. The van der Waals surface area contributed by atoms with E-state index in [1.165, 1.54) is 24.4 Å². The van der Waals surface area contributed by atoms with Crippen molar-refractivity contribution in [2.75, 3.05) is 24.7 Å². The molecule has 1 aliphatic rings. The second-order valence-corrected chi connectivity index (χ2v) is 8.76. The Morgan fingerprint density at radius 2 is 1.75 bits per heavy atom. The maximum Gasteiger partial charge on any atom is 0.337 e. The fourth-order valence-electron chi connectivity index (χ4n) is 3.93. The molecule has 3 aromatic heterocycles. The number of carboxylic acid groups (broad SMARTS) is 1. The van der Waals surface area contributed by atoms with Crippen LogP contribution in [0.2, 0.25) is 5.02 Å². The maximum absolute atomic E-state index is 13.5. The van der Waals surface area contributed by atoms with Gasteiger partial charge >= 0.3 is 5.97 Å². The number of ether oxygens (including phenoxy) is 1. The van der Waals surface area contributed by atoms with Crippen molar-refractivity contribution in [1.82, 2.24) is 19.9 Å². The standard InChI is InChI=1S/C26H21ClFN5O3/c1-15-14-36-9-8-33(15)26-31-22(16-2-5-19(28)6-3-16)11-23(32-26)17-4-7-21(29-12-17)24-20(27)10-18(13-30-24)25(34)35/h2-7,10-13,15H,8-9,14H2,1H3,(H,34,35)/t15-/m0/s1. The smallest absolute Gasteiger partial charge is 0.337 e. The van der Waals surface area contributed by atoms with Gasteiger partial charge in [0.2, 0.25) is 5.95 Å². The van der Waals surface area contributed by atoms with Crippen LogP contribution >= 0.6 is 11.6 Å². The molecule has 1 atom stereocenters. The van der Waals surface area contributed by atoms with Gasteiger partial charge in [0, 0.05) is 30.1 Å². The van der Waals surface area contributed by atoms with Crippen molar-refractivity contribution in [2.24, 2.45) is 0 Å². The number of hydrogen-bond donors (Lipinski definition) is 1. The minimum Gasteiger partial charge on any atom is -0.478 e. The molecule has 0 spiro atoms. The molecule has 10 heteroatoms. The van der Waals surface area contributed by atoms with Crippen LogP contribution in [0.15, 0.2) is 60.9 Å². The summed E-state index contributed by atoms with van der Waals surface area (Å²) in [5.41, 5.74) is 3.69. The summed E-state index contributed by atoms with van der Waals surface area (Å²) in [5, 5.41) is 9.32. The highest BCUT2D eigenvalue weighted by atomic mass is 35.5. The van der Waals surface area contributed by atoms with E-state index in [4.69, 9.17) is 31.4 Å². The summed E-state index contributed by atoms with van der Waals surface area (Å²) < 4.78 is 19.1. The molecule has 0 unspecified atom stereocenters. The van der Waals surface area contributed by atoms with Crippen LogP contribution in [-0.2, 0) is 4.74 Å². The molecular formula is C26H21ClFN5O3. The van der Waals surface area contributed by atoms with Gasteiger partial charge in [0.05, 0.1) is 46.9 Å². The van der Waals surface area contributed by atoms with Crippen LogP contribution in [0.5, 0.6) is 0 Å². The Kier molecular flexibility index (Phi) is 6.58. The van der Waals surface area contributed by atoms with E-state index in [-0.39, 0.29) is 22.4 Å². The zero-order chi connectivity index (χ0) is 25.2. The lowest BCUT2D eigenvalue weighted by molar-refractivity contribution is 0.0696. The molecule has 1 aliphatic heterocycles. The summed E-state index contributed by atoms with van der Waals surface area (Å²) in [6, 6.07) is 13.0. The maximum atomic E-state index is 13.5. The van der Waals surface area contributed by atoms with Gasteiger partial charge in [0.1, 0.15) is 11.5 Å². The Labute approximate surface area is 211 Å². The number of carboxylic acids is 1. The highest BCUT2D eigenvalue weighted by Gasteiger charge is 2.23. The van der Waals surface area contributed by atoms with Crippen molar-refractivity contribution < 1.29 is 19.0 Å². The van der Waals surface area contributed by atoms with Crippen LogP contribution in [-0.4, -0.2) is 56.8 Å². The van der Waals surface area contributed by atoms with Gasteiger partial charge < -0.3 is 14.7 Å². The summed E-state index contributed by atoms with van der Waals surface area (Å²) in [5.74, 6) is -0.871. The fourth-order valence-corrected chi connectivity index (χ4v) is 4.20. The van der Waals surface area contributed by atoms with E-state index >= 15 is 0 Å². The first-order valence-electron chi connectivity index (χ1n) is 11.2. The number of hydrogen-bond acceptors (Lipinski definition) is 7. The summed E-state index contributed by atoms with van der Waals surface area (Å²) in [7, 11) is 0. The third-order valence-electron chi connectivity index (χ3n) is 5.87. The first-order valence-corrected chi connectivity index (χ1v) is 11.6. The van der Waals surface area contributed by atoms with Crippen LogP contribution in [0, 0.1) is 5.82 Å². The largest absolute Gasteiger partial charge is 0.478 e. The van der Waals surface area contributed by atoms with E-state index < -0.39 is 5.97 Å². The first-order chi connectivity index (χ1) is 17.4. The zero-order valence-corrected chi connectivity index (χ0v) is 20.0. The van der Waals surface area contributed by atoms with E-state index in [0.717, 1.165) is 11.1 Å². The van der Waals surface area contributed by atoms with Gasteiger partial charge in [0.15, 0.2) is 0 Å². The predicted octanol–water partition coefficient (Wildman–Crippen LogP) is 4.98. The number of anilines is 1. The molecule has 1 N–H and O–H groups in total. The highest BCUT2D eigenvalue weighted by molar-refractivity contribution is 6.33.